The van der Waals surface area contributed by atoms with Crippen molar-refractivity contribution in [1.82, 2.24) is 4.90 Å². The summed E-state index contributed by atoms with van der Waals surface area (Å²) in [7, 11) is 0. The second-order valence-electron chi connectivity index (χ2n) is 8.51. The summed E-state index contributed by atoms with van der Waals surface area (Å²) in [5.41, 5.74) is 1.26. The van der Waals surface area contributed by atoms with E-state index < -0.39 is 35.3 Å². The lowest BCUT2D eigenvalue weighted by molar-refractivity contribution is -0.155. The zero-order valence-corrected chi connectivity index (χ0v) is 17.7. The summed E-state index contributed by atoms with van der Waals surface area (Å²) in [5, 5.41) is 2.89. The largest absolute Gasteiger partial charge is 0.493 e. The minimum atomic E-state index is -1.42. The maximum Gasteiger partial charge on any atom is 0.312 e. The van der Waals surface area contributed by atoms with Crippen LogP contribution in [0, 0.1) is 18.8 Å². The molecule has 31 heavy (non-hydrogen) atoms. The van der Waals surface area contributed by atoms with Crippen molar-refractivity contribution < 1.29 is 23.9 Å². The number of para-hydroxylation sites is 1. The molecular formula is C24H24N2O5. The summed E-state index contributed by atoms with van der Waals surface area (Å²) >= 11 is 0. The van der Waals surface area contributed by atoms with Crippen molar-refractivity contribution in [2.24, 2.45) is 11.8 Å². The molecule has 1 saturated heterocycles. The normalized spacial score (nSPS) is 28.4. The number of fused-ring (bicyclic) bond motifs is 6. The summed E-state index contributed by atoms with van der Waals surface area (Å²) in [5.74, 6) is -1.76. The molecule has 4 atom stereocenters. The second kappa shape index (κ2) is 6.83. The standard InChI is InChI=1S/C24H24N2O5/c1-4-30-22(28)19-16-12-31-18-10-9-13(2)11-15(18)20(16)26-21(27)14-7-5-6-8-17(14)25-23(29)24(19,26)3/h5-11,16,19-20H,4,12H2,1-3H3,(H,25,29)/t16-,19-,20+,24-/m1/s1. The number of esters is 1. The fourth-order valence-electron chi connectivity index (χ4n) is 5.38. The highest BCUT2D eigenvalue weighted by Crippen LogP contribution is 2.56. The predicted molar refractivity (Wildman–Crippen MR) is 113 cm³/mol. The molecule has 2 aromatic rings. The number of anilines is 1. The quantitative estimate of drug-likeness (QED) is 0.755. The van der Waals surface area contributed by atoms with Crippen molar-refractivity contribution in [2.75, 3.05) is 18.5 Å². The number of ether oxygens (including phenoxy) is 2. The molecule has 3 aliphatic rings. The summed E-state index contributed by atoms with van der Waals surface area (Å²) in [6.07, 6.45) is 0. The van der Waals surface area contributed by atoms with Crippen LogP contribution in [0.5, 0.6) is 5.75 Å². The molecule has 0 radical (unpaired) electrons. The molecular weight excluding hydrogens is 396 g/mol. The Balaban J connectivity index is 1.76. The summed E-state index contributed by atoms with van der Waals surface area (Å²) in [6.45, 7) is 5.77. The lowest BCUT2D eigenvalue weighted by atomic mass is 9.77. The third kappa shape index (κ3) is 2.62. The molecule has 0 spiro atoms. The van der Waals surface area contributed by atoms with Gasteiger partial charge in [-0.2, -0.15) is 0 Å². The molecule has 0 saturated carbocycles. The van der Waals surface area contributed by atoms with Crippen LogP contribution in [0.2, 0.25) is 0 Å². The van der Waals surface area contributed by atoms with E-state index in [0.29, 0.717) is 17.0 Å². The Morgan fingerprint density at radius 2 is 2.03 bits per heavy atom. The number of hydrogen-bond donors (Lipinski definition) is 1. The third-order valence-corrected chi connectivity index (χ3v) is 6.76. The number of rotatable bonds is 2. The van der Waals surface area contributed by atoms with Crippen molar-refractivity contribution in [3.63, 3.8) is 0 Å². The number of amides is 2. The number of carbonyl (C=O) groups is 3. The zero-order chi connectivity index (χ0) is 21.9. The van der Waals surface area contributed by atoms with Crippen LogP contribution in [0.3, 0.4) is 0 Å². The maximum absolute atomic E-state index is 13.9. The van der Waals surface area contributed by atoms with Gasteiger partial charge in [0.05, 0.1) is 36.4 Å². The van der Waals surface area contributed by atoms with Crippen molar-refractivity contribution in [2.45, 2.75) is 32.4 Å². The van der Waals surface area contributed by atoms with E-state index in [9.17, 15) is 14.4 Å². The first-order chi connectivity index (χ1) is 14.9. The zero-order valence-electron chi connectivity index (χ0n) is 17.7. The van der Waals surface area contributed by atoms with Gasteiger partial charge in [0.2, 0.25) is 0 Å². The first-order valence-electron chi connectivity index (χ1n) is 10.5. The van der Waals surface area contributed by atoms with E-state index in [1.54, 1.807) is 43.0 Å². The molecule has 0 aliphatic carbocycles. The van der Waals surface area contributed by atoms with Crippen molar-refractivity contribution in [3.8, 4) is 5.75 Å². The van der Waals surface area contributed by atoms with E-state index in [4.69, 9.17) is 9.47 Å². The number of nitrogens with one attached hydrogen (secondary N) is 1. The Bertz CT molecular complexity index is 1110. The topological polar surface area (TPSA) is 84.9 Å². The maximum atomic E-state index is 13.9. The first kappa shape index (κ1) is 19.6. The third-order valence-electron chi connectivity index (χ3n) is 6.76. The average molecular weight is 420 g/mol. The average Bonchev–Trinajstić information content (AvgIpc) is 2.99. The Kier molecular flexibility index (Phi) is 4.32. The van der Waals surface area contributed by atoms with Gasteiger partial charge >= 0.3 is 5.97 Å². The minimum absolute atomic E-state index is 0.190. The molecule has 1 fully saturated rings. The number of aryl methyl sites for hydroxylation is 1. The second-order valence-corrected chi connectivity index (χ2v) is 8.51. The number of nitrogens with zero attached hydrogens (tertiary/aromatic N) is 1. The Hall–Kier alpha value is -3.35. The Morgan fingerprint density at radius 1 is 1.26 bits per heavy atom. The van der Waals surface area contributed by atoms with Crippen LogP contribution in [-0.2, 0) is 14.3 Å². The van der Waals surface area contributed by atoms with Gasteiger partial charge < -0.3 is 19.7 Å². The van der Waals surface area contributed by atoms with Gasteiger partial charge in [0.15, 0.2) is 0 Å². The monoisotopic (exact) mass is 420 g/mol. The van der Waals surface area contributed by atoms with Gasteiger partial charge in [0.1, 0.15) is 11.3 Å². The van der Waals surface area contributed by atoms with Crippen LogP contribution in [0.25, 0.3) is 0 Å². The van der Waals surface area contributed by atoms with Crippen LogP contribution in [0.15, 0.2) is 42.5 Å². The van der Waals surface area contributed by atoms with Crippen LogP contribution >= 0.6 is 0 Å². The fourth-order valence-corrected chi connectivity index (χ4v) is 5.38. The van der Waals surface area contributed by atoms with Crippen molar-refractivity contribution in [1.29, 1.82) is 0 Å². The minimum Gasteiger partial charge on any atom is -0.493 e. The molecule has 0 aromatic heterocycles. The van der Waals surface area contributed by atoms with Crippen LogP contribution in [-0.4, -0.2) is 41.4 Å². The van der Waals surface area contributed by atoms with Gasteiger partial charge in [0, 0.05) is 11.5 Å². The van der Waals surface area contributed by atoms with Gasteiger partial charge in [-0.15, -0.1) is 0 Å². The van der Waals surface area contributed by atoms with Crippen molar-refractivity contribution in [3.05, 3.63) is 59.2 Å². The molecule has 5 rings (SSSR count). The fraction of sp³-hybridized carbons (Fsp3) is 0.375. The lowest BCUT2D eigenvalue weighted by Crippen LogP contribution is -2.57. The van der Waals surface area contributed by atoms with Crippen LogP contribution in [0.1, 0.15) is 41.4 Å². The summed E-state index contributed by atoms with van der Waals surface area (Å²) in [4.78, 5) is 42.3. The highest BCUT2D eigenvalue weighted by atomic mass is 16.5. The molecule has 7 heteroatoms. The molecule has 2 amide bonds. The highest BCUT2D eigenvalue weighted by molar-refractivity contribution is 6.13. The Morgan fingerprint density at radius 3 is 2.81 bits per heavy atom. The molecule has 7 nitrogen and oxygen atoms in total. The highest BCUT2D eigenvalue weighted by Gasteiger charge is 2.67. The number of benzene rings is 2. The molecule has 160 valence electrons. The number of carbonyl (C=O) groups excluding carboxylic acids is 3. The predicted octanol–water partition coefficient (Wildman–Crippen LogP) is 3.09. The summed E-state index contributed by atoms with van der Waals surface area (Å²) in [6, 6.07) is 12.3. The van der Waals surface area contributed by atoms with Crippen LogP contribution in [0.4, 0.5) is 5.69 Å². The van der Waals surface area contributed by atoms with E-state index in [1.807, 2.05) is 25.1 Å². The van der Waals surface area contributed by atoms with Gasteiger partial charge in [0.25, 0.3) is 11.8 Å². The smallest absolute Gasteiger partial charge is 0.312 e. The lowest BCUT2D eigenvalue weighted by Gasteiger charge is -2.38. The summed E-state index contributed by atoms with van der Waals surface area (Å²) < 4.78 is 11.4. The van der Waals surface area contributed by atoms with Gasteiger partial charge in [-0.1, -0.05) is 29.8 Å². The van der Waals surface area contributed by atoms with Crippen LogP contribution < -0.4 is 10.1 Å². The molecule has 1 N–H and O–H groups in total. The van der Waals surface area contributed by atoms with E-state index in [-0.39, 0.29) is 19.1 Å². The van der Waals surface area contributed by atoms with Gasteiger partial charge in [-0.3, -0.25) is 14.4 Å². The molecule has 3 heterocycles. The molecule has 0 unspecified atom stereocenters. The SMILES string of the molecule is CCOC(=O)[C@H]1[C@H]2COc3ccc(C)cc3[C@@H]2N2C(=O)c3ccccc3NC(=O)[C@@]12C. The van der Waals surface area contributed by atoms with E-state index in [1.165, 1.54) is 0 Å². The van der Waals surface area contributed by atoms with Crippen molar-refractivity contribution >= 4 is 23.5 Å². The Labute approximate surface area is 180 Å². The molecule has 2 aromatic carbocycles. The van der Waals surface area contributed by atoms with Gasteiger partial charge in [-0.25, -0.2) is 0 Å². The number of hydrogen-bond acceptors (Lipinski definition) is 5. The van der Waals surface area contributed by atoms with E-state index in [0.717, 1.165) is 11.1 Å². The van der Waals surface area contributed by atoms with Gasteiger partial charge in [-0.05, 0) is 39.0 Å². The van der Waals surface area contributed by atoms with E-state index >= 15 is 0 Å². The first-order valence-corrected chi connectivity index (χ1v) is 10.5. The molecule has 3 aliphatic heterocycles. The van der Waals surface area contributed by atoms with E-state index in [2.05, 4.69) is 5.32 Å². The molecule has 0 bridgehead atoms.